The van der Waals surface area contributed by atoms with Crippen LogP contribution in [-0.4, -0.2) is 48.9 Å². The highest BCUT2D eigenvalue weighted by molar-refractivity contribution is 7.92. The summed E-state index contributed by atoms with van der Waals surface area (Å²) in [5, 5.41) is 4.28. The molecule has 1 N–H and O–H groups in total. The van der Waals surface area contributed by atoms with Gasteiger partial charge in [0.2, 0.25) is 10.0 Å². The monoisotopic (exact) mass is 485 g/mol. The summed E-state index contributed by atoms with van der Waals surface area (Å²) < 4.78 is 27.5. The number of nitrogens with zero attached hydrogens (tertiary/aromatic N) is 2. The van der Waals surface area contributed by atoms with E-state index in [4.69, 9.17) is 4.99 Å². The van der Waals surface area contributed by atoms with Crippen molar-refractivity contribution in [1.82, 2.24) is 9.62 Å². The number of carbonyl (C=O) groups excluding carboxylic acids is 2. The average Bonchev–Trinajstić information content (AvgIpc) is 3.09. The lowest BCUT2D eigenvalue weighted by Gasteiger charge is -2.34. The maximum Gasteiger partial charge on any atom is 0.253 e. The quantitative estimate of drug-likeness (QED) is 0.665. The maximum atomic E-state index is 13.0. The molecule has 2 aliphatic heterocycles. The number of rotatable bonds is 6. The van der Waals surface area contributed by atoms with Gasteiger partial charge in [-0.3, -0.25) is 14.6 Å². The van der Waals surface area contributed by atoms with Crippen LogP contribution in [0.3, 0.4) is 0 Å². The molecule has 0 unspecified atom stereocenters. The third-order valence-electron chi connectivity index (χ3n) is 7.41. The molecule has 1 saturated heterocycles. The van der Waals surface area contributed by atoms with E-state index in [1.807, 2.05) is 26.0 Å². The largest absolute Gasteiger partial charge is 0.312 e. The second kappa shape index (κ2) is 9.74. The normalized spacial score (nSPS) is 21.7. The number of carbonyl (C=O) groups is 2. The van der Waals surface area contributed by atoms with Gasteiger partial charge in [-0.2, -0.15) is 4.31 Å². The summed E-state index contributed by atoms with van der Waals surface area (Å²) in [5.74, 6) is 1.17. The van der Waals surface area contributed by atoms with Gasteiger partial charge in [0.1, 0.15) is 17.2 Å². The van der Waals surface area contributed by atoms with E-state index in [0.717, 1.165) is 40.9 Å². The molecule has 0 radical (unpaired) electrons. The van der Waals surface area contributed by atoms with E-state index in [1.54, 1.807) is 13.0 Å². The van der Waals surface area contributed by atoms with Crippen LogP contribution >= 0.6 is 0 Å². The van der Waals surface area contributed by atoms with Gasteiger partial charge in [0, 0.05) is 30.8 Å². The molecule has 1 aromatic rings. The SMILES string of the molecule is CC(=O)Cc1cc(C)c(/C=C/S(=O)(=O)N2CCC3(CC2)N=C(C2CCCCC2)NC3=O)c(C)c1. The number of Topliss-reactive ketones (excluding diaryl/α,β-unsaturated/α-hetero) is 1. The van der Waals surface area contributed by atoms with Crippen LogP contribution in [-0.2, 0) is 26.0 Å². The van der Waals surface area contributed by atoms with Crippen LogP contribution in [0, 0.1) is 19.8 Å². The van der Waals surface area contributed by atoms with Crippen molar-refractivity contribution in [3.8, 4) is 0 Å². The molecule has 34 heavy (non-hydrogen) atoms. The van der Waals surface area contributed by atoms with Gasteiger partial charge in [-0.1, -0.05) is 31.4 Å². The molecule has 7 nitrogen and oxygen atoms in total. The zero-order valence-electron chi connectivity index (χ0n) is 20.4. The second-order valence-corrected chi connectivity index (χ2v) is 11.9. The molecule has 1 aliphatic carbocycles. The van der Waals surface area contributed by atoms with Crippen LogP contribution in [0.15, 0.2) is 22.5 Å². The van der Waals surface area contributed by atoms with Crippen molar-refractivity contribution >= 4 is 33.6 Å². The Labute approximate surface area is 202 Å². The van der Waals surface area contributed by atoms with Gasteiger partial charge in [0.25, 0.3) is 5.91 Å². The number of hydrogen-bond donors (Lipinski definition) is 1. The first-order valence-corrected chi connectivity index (χ1v) is 13.8. The highest BCUT2D eigenvalue weighted by Crippen LogP contribution is 2.35. The predicted molar refractivity (Wildman–Crippen MR) is 134 cm³/mol. The summed E-state index contributed by atoms with van der Waals surface area (Å²) in [6.07, 6.45) is 8.53. The van der Waals surface area contributed by atoms with Crippen molar-refractivity contribution in [1.29, 1.82) is 0 Å². The lowest BCUT2D eigenvalue weighted by molar-refractivity contribution is -0.125. The molecule has 0 aromatic heterocycles. The smallest absolute Gasteiger partial charge is 0.253 e. The van der Waals surface area contributed by atoms with Crippen molar-refractivity contribution in [2.45, 2.75) is 77.7 Å². The van der Waals surface area contributed by atoms with Crippen molar-refractivity contribution in [2.75, 3.05) is 13.1 Å². The van der Waals surface area contributed by atoms with Gasteiger partial charge in [-0.15, -0.1) is 0 Å². The lowest BCUT2D eigenvalue weighted by atomic mass is 9.88. The Morgan fingerprint density at radius 3 is 2.35 bits per heavy atom. The molecule has 1 aromatic carbocycles. The molecule has 0 atom stereocenters. The van der Waals surface area contributed by atoms with E-state index in [-0.39, 0.29) is 24.8 Å². The van der Waals surface area contributed by atoms with Gasteiger partial charge in [-0.05, 0) is 74.8 Å². The van der Waals surface area contributed by atoms with E-state index in [0.29, 0.717) is 25.2 Å². The Bertz CT molecular complexity index is 1120. The van der Waals surface area contributed by atoms with Gasteiger partial charge in [-0.25, -0.2) is 8.42 Å². The second-order valence-electron chi connectivity index (χ2n) is 10.1. The highest BCUT2D eigenvalue weighted by Gasteiger charge is 2.48. The van der Waals surface area contributed by atoms with Crippen LogP contribution in [0.2, 0.25) is 0 Å². The Balaban J connectivity index is 1.44. The first kappa shape index (κ1) is 24.8. The van der Waals surface area contributed by atoms with Crippen LogP contribution in [0.25, 0.3) is 6.08 Å². The minimum atomic E-state index is -3.62. The van der Waals surface area contributed by atoms with E-state index < -0.39 is 15.6 Å². The molecule has 1 saturated carbocycles. The predicted octanol–water partition coefficient (Wildman–Crippen LogP) is 3.68. The molecule has 184 valence electrons. The molecular formula is C26H35N3O4S. The van der Waals surface area contributed by atoms with E-state index >= 15 is 0 Å². The fourth-order valence-electron chi connectivity index (χ4n) is 5.52. The molecule has 8 heteroatoms. The number of piperidine rings is 1. The van der Waals surface area contributed by atoms with E-state index in [2.05, 4.69) is 5.32 Å². The molecule has 3 aliphatic rings. The van der Waals surface area contributed by atoms with Crippen molar-refractivity contribution < 1.29 is 18.0 Å². The molecular weight excluding hydrogens is 450 g/mol. The molecule has 4 rings (SSSR count). The van der Waals surface area contributed by atoms with Gasteiger partial charge in [0.05, 0.1) is 0 Å². The van der Waals surface area contributed by atoms with Gasteiger partial charge >= 0.3 is 0 Å². The Kier molecular flexibility index (Phi) is 7.10. The Morgan fingerprint density at radius 1 is 1.15 bits per heavy atom. The Hall–Kier alpha value is -2.32. The van der Waals surface area contributed by atoms with Crippen LogP contribution < -0.4 is 5.32 Å². The minimum Gasteiger partial charge on any atom is -0.312 e. The minimum absolute atomic E-state index is 0.0717. The zero-order valence-corrected chi connectivity index (χ0v) is 21.2. The number of benzene rings is 1. The number of hydrogen-bond acceptors (Lipinski definition) is 5. The summed E-state index contributed by atoms with van der Waals surface area (Å²) >= 11 is 0. The number of sulfonamides is 1. The van der Waals surface area contributed by atoms with Crippen LogP contribution in [0.4, 0.5) is 0 Å². The summed E-state index contributed by atoms with van der Waals surface area (Å²) in [7, 11) is -3.62. The fraction of sp³-hybridized carbons (Fsp3) is 0.577. The number of aryl methyl sites for hydroxylation is 2. The molecule has 2 fully saturated rings. The standard InChI is InChI=1S/C26H35N3O4S/c1-18-15-21(17-20(3)30)16-19(2)23(18)9-14-34(32,33)29-12-10-26(11-13-29)25(31)27-24(28-26)22-7-5-4-6-8-22/h9,14-16,22H,4-8,10-13,17H2,1-3H3,(H,27,28,31)/b14-9+. The molecule has 1 spiro atoms. The summed E-state index contributed by atoms with van der Waals surface area (Å²) in [4.78, 5) is 29.1. The van der Waals surface area contributed by atoms with Crippen LogP contribution in [0.1, 0.15) is 74.1 Å². The lowest BCUT2D eigenvalue weighted by Crippen LogP contribution is -2.50. The van der Waals surface area contributed by atoms with Gasteiger partial charge in [0.15, 0.2) is 0 Å². The third-order valence-corrected chi connectivity index (χ3v) is 8.98. The first-order valence-electron chi connectivity index (χ1n) is 12.3. The number of ketones is 1. The van der Waals surface area contributed by atoms with E-state index in [9.17, 15) is 18.0 Å². The summed E-state index contributed by atoms with van der Waals surface area (Å²) in [6.45, 7) is 5.96. The first-order chi connectivity index (χ1) is 16.1. The summed E-state index contributed by atoms with van der Waals surface area (Å²) in [6, 6.07) is 3.87. The molecule has 2 heterocycles. The van der Waals surface area contributed by atoms with Gasteiger partial charge < -0.3 is 5.32 Å². The third kappa shape index (κ3) is 5.18. The number of nitrogens with one attached hydrogen (secondary N) is 1. The topological polar surface area (TPSA) is 95.9 Å². The number of aliphatic imine (C=N–C) groups is 1. The van der Waals surface area contributed by atoms with Crippen molar-refractivity contribution in [3.05, 3.63) is 39.8 Å². The zero-order chi connectivity index (χ0) is 24.5. The Morgan fingerprint density at radius 2 is 1.76 bits per heavy atom. The van der Waals surface area contributed by atoms with Crippen molar-refractivity contribution in [3.63, 3.8) is 0 Å². The average molecular weight is 486 g/mol. The summed E-state index contributed by atoms with van der Waals surface area (Å²) in [5.41, 5.74) is 2.84. The fourth-order valence-corrected chi connectivity index (χ4v) is 6.69. The molecule has 0 bridgehead atoms. The highest BCUT2D eigenvalue weighted by atomic mass is 32.2. The van der Waals surface area contributed by atoms with Crippen molar-refractivity contribution in [2.24, 2.45) is 10.9 Å². The number of amides is 1. The van der Waals surface area contributed by atoms with Crippen LogP contribution in [0.5, 0.6) is 0 Å². The maximum absolute atomic E-state index is 13.0. The molecule has 1 amide bonds. The van der Waals surface area contributed by atoms with E-state index in [1.165, 1.54) is 29.0 Å². The number of amidine groups is 1.